The zero-order valence-electron chi connectivity index (χ0n) is 22.2. The first-order valence-electron chi connectivity index (χ1n) is 12.8. The number of nitrogens with two attached hydrogens (primary N) is 1. The highest BCUT2D eigenvalue weighted by atomic mass is 35.5. The first-order chi connectivity index (χ1) is 19.7. The highest BCUT2D eigenvalue weighted by molar-refractivity contribution is 5.94. The zero-order valence-corrected chi connectivity index (χ0v) is 23.0. The Morgan fingerprint density at radius 1 is 1.19 bits per heavy atom. The van der Waals surface area contributed by atoms with Gasteiger partial charge >= 0.3 is 6.61 Å². The number of benzene rings is 2. The van der Waals surface area contributed by atoms with Gasteiger partial charge in [-0.3, -0.25) is 4.79 Å². The summed E-state index contributed by atoms with van der Waals surface area (Å²) in [6, 6.07) is 6.53. The Hall–Kier alpha value is -4.17. The molecule has 3 N–H and O–H groups in total. The van der Waals surface area contributed by atoms with Crippen molar-refractivity contribution in [2.75, 3.05) is 6.61 Å². The third kappa shape index (κ3) is 7.18. The average molecular weight is 611 g/mol. The van der Waals surface area contributed by atoms with Crippen molar-refractivity contribution in [3.8, 4) is 23.0 Å². The Kier molecular flexibility index (Phi) is 9.68. The highest BCUT2D eigenvalue weighted by Crippen LogP contribution is 2.37. The van der Waals surface area contributed by atoms with Crippen LogP contribution in [0.5, 0.6) is 11.5 Å². The van der Waals surface area contributed by atoms with E-state index in [0.29, 0.717) is 29.8 Å². The number of amides is 1. The highest BCUT2D eigenvalue weighted by Gasteiger charge is 2.28. The molecule has 4 aromatic rings. The van der Waals surface area contributed by atoms with E-state index >= 15 is 0 Å². The summed E-state index contributed by atoms with van der Waals surface area (Å²) in [5.41, 5.74) is 6.40. The molecule has 1 saturated carbocycles. The summed E-state index contributed by atoms with van der Waals surface area (Å²) in [4.78, 5) is 17.6. The molecule has 42 heavy (non-hydrogen) atoms. The number of nitrogens with zero attached hydrogens (tertiary/aromatic N) is 4. The van der Waals surface area contributed by atoms with Gasteiger partial charge in [0.05, 0.1) is 18.5 Å². The number of rotatable bonds is 12. The number of carbonyl (C=O) groups is 1. The lowest BCUT2D eigenvalue weighted by molar-refractivity contribution is -0.0515. The van der Waals surface area contributed by atoms with Crippen molar-refractivity contribution in [2.45, 2.75) is 45.5 Å². The Bertz CT molecular complexity index is 1540. The fourth-order valence-corrected chi connectivity index (χ4v) is 3.98. The number of oxazole rings is 1. The van der Waals surface area contributed by atoms with Crippen molar-refractivity contribution < 1.29 is 36.2 Å². The van der Waals surface area contributed by atoms with Gasteiger partial charge in [0.15, 0.2) is 23.0 Å². The molecule has 2 aromatic carbocycles. The first-order valence-corrected chi connectivity index (χ1v) is 12.8. The van der Waals surface area contributed by atoms with Crippen molar-refractivity contribution in [1.82, 2.24) is 25.3 Å². The monoisotopic (exact) mass is 610 g/mol. The third-order valence-corrected chi connectivity index (χ3v) is 6.44. The molecule has 1 atom stereocenters. The Labute approximate surface area is 243 Å². The van der Waals surface area contributed by atoms with Crippen LogP contribution < -0.4 is 20.5 Å². The Morgan fingerprint density at radius 2 is 1.98 bits per heavy atom. The quantitative estimate of drug-likeness (QED) is 0.214. The second kappa shape index (κ2) is 13.2. The number of hydrogen-bond donors (Lipinski definition) is 2. The predicted octanol–water partition coefficient (Wildman–Crippen LogP) is 5.02. The summed E-state index contributed by atoms with van der Waals surface area (Å²) < 4.78 is 71.2. The number of alkyl halides is 2. The summed E-state index contributed by atoms with van der Waals surface area (Å²) in [7, 11) is 0. The van der Waals surface area contributed by atoms with Gasteiger partial charge < -0.3 is 24.9 Å². The van der Waals surface area contributed by atoms with Gasteiger partial charge in [-0.1, -0.05) is 11.3 Å². The lowest BCUT2D eigenvalue weighted by Crippen LogP contribution is -2.25. The number of ether oxygens (including phenoxy) is 2. The molecule has 1 amide bonds. The molecule has 0 aliphatic heterocycles. The van der Waals surface area contributed by atoms with Gasteiger partial charge in [0, 0.05) is 30.3 Å². The van der Waals surface area contributed by atoms with E-state index in [1.54, 1.807) is 13.1 Å². The molecule has 1 aliphatic carbocycles. The van der Waals surface area contributed by atoms with Gasteiger partial charge in [-0.2, -0.15) is 8.78 Å². The molecule has 10 nitrogen and oxygen atoms in total. The lowest BCUT2D eigenvalue weighted by Gasteiger charge is -2.13. The summed E-state index contributed by atoms with van der Waals surface area (Å²) >= 11 is 0. The van der Waals surface area contributed by atoms with E-state index in [2.05, 4.69) is 25.3 Å². The molecular formula is C27H27ClF4N6O4. The Morgan fingerprint density at radius 3 is 2.64 bits per heavy atom. The number of halogens is 5. The Balaban J connectivity index is 0.00000405. The van der Waals surface area contributed by atoms with Gasteiger partial charge in [-0.05, 0) is 49.9 Å². The third-order valence-electron chi connectivity index (χ3n) is 6.44. The predicted molar refractivity (Wildman–Crippen MR) is 143 cm³/mol. The molecule has 0 bridgehead atoms. The van der Waals surface area contributed by atoms with Crippen LogP contribution >= 0.6 is 12.4 Å². The molecule has 2 aromatic heterocycles. The van der Waals surface area contributed by atoms with Crippen LogP contribution in [0.3, 0.4) is 0 Å². The van der Waals surface area contributed by atoms with E-state index < -0.39 is 30.2 Å². The van der Waals surface area contributed by atoms with Crippen LogP contribution in [0.1, 0.15) is 53.3 Å². The first kappa shape index (κ1) is 30.8. The van der Waals surface area contributed by atoms with Crippen molar-refractivity contribution in [1.29, 1.82) is 0 Å². The minimum absolute atomic E-state index is 0. The summed E-state index contributed by atoms with van der Waals surface area (Å²) in [5.74, 6) is -1.92. The van der Waals surface area contributed by atoms with Crippen molar-refractivity contribution >= 4 is 18.3 Å². The van der Waals surface area contributed by atoms with Gasteiger partial charge in [0.1, 0.15) is 17.7 Å². The average Bonchev–Trinajstić information content (AvgIpc) is 3.46. The van der Waals surface area contributed by atoms with E-state index in [1.807, 2.05) is 0 Å². The molecule has 1 aliphatic rings. The summed E-state index contributed by atoms with van der Waals surface area (Å²) in [6.45, 7) is -1.14. The molecule has 15 heteroatoms. The maximum absolute atomic E-state index is 14.1. The van der Waals surface area contributed by atoms with Crippen molar-refractivity contribution in [2.24, 2.45) is 11.7 Å². The molecule has 5 rings (SSSR count). The largest absolute Gasteiger partial charge is 0.489 e. The molecule has 2 heterocycles. The second-order valence-electron chi connectivity index (χ2n) is 9.51. The standard InChI is InChI=1S/C27H26F4N6O4.ClH/c1-14(37-12-19(10-32)35-36-37)24-23(25(38)33-11-17-4-6-18(28)9-20(17)29)34-26(41-24)16-5-7-21(40-27(30)31)22(8-16)39-13-15-2-3-15;/h4-9,12,14-15,27H,2-3,10-11,13,32H2,1H3,(H,33,38);1H/t14-;/m0./s1. The second-order valence-corrected chi connectivity index (χ2v) is 9.51. The number of nitrogens with one attached hydrogen (secondary N) is 1. The fourth-order valence-electron chi connectivity index (χ4n) is 3.98. The van der Waals surface area contributed by atoms with Gasteiger partial charge in [-0.15, -0.1) is 17.5 Å². The van der Waals surface area contributed by atoms with Crippen LogP contribution in [-0.4, -0.2) is 39.1 Å². The molecule has 224 valence electrons. The number of carbonyl (C=O) groups excluding carboxylic acids is 1. The normalized spacial score (nSPS) is 13.5. The minimum atomic E-state index is -3.05. The lowest BCUT2D eigenvalue weighted by atomic mass is 10.2. The number of hydrogen-bond acceptors (Lipinski definition) is 8. The minimum Gasteiger partial charge on any atom is -0.489 e. The molecule has 0 unspecified atom stereocenters. The zero-order chi connectivity index (χ0) is 29.1. The summed E-state index contributed by atoms with van der Waals surface area (Å²) in [6.07, 6.45) is 3.56. The van der Waals surface area contributed by atoms with Crippen molar-refractivity contribution in [3.05, 3.63) is 76.9 Å². The maximum atomic E-state index is 14.1. The van der Waals surface area contributed by atoms with Crippen molar-refractivity contribution in [3.63, 3.8) is 0 Å². The van der Waals surface area contributed by atoms with E-state index in [4.69, 9.17) is 14.9 Å². The van der Waals surface area contributed by atoms with Crippen LogP contribution in [0, 0.1) is 17.6 Å². The van der Waals surface area contributed by atoms with Gasteiger partial charge in [0.25, 0.3) is 5.91 Å². The van der Waals surface area contributed by atoms with E-state index in [-0.39, 0.29) is 59.9 Å². The van der Waals surface area contributed by atoms with Crippen LogP contribution in [0.2, 0.25) is 0 Å². The van der Waals surface area contributed by atoms with Gasteiger partial charge in [-0.25, -0.2) is 18.4 Å². The van der Waals surface area contributed by atoms with Gasteiger partial charge in [0.2, 0.25) is 5.89 Å². The smallest absolute Gasteiger partial charge is 0.387 e. The van der Waals surface area contributed by atoms with Crippen LogP contribution in [0.25, 0.3) is 11.5 Å². The van der Waals surface area contributed by atoms with Crippen LogP contribution in [0.15, 0.2) is 47.0 Å². The van der Waals surface area contributed by atoms with E-state index in [9.17, 15) is 22.4 Å². The van der Waals surface area contributed by atoms with Crippen LogP contribution in [0.4, 0.5) is 17.6 Å². The maximum Gasteiger partial charge on any atom is 0.387 e. The van der Waals surface area contributed by atoms with E-state index in [1.165, 1.54) is 28.9 Å². The molecule has 1 fully saturated rings. The van der Waals surface area contributed by atoms with Crippen LogP contribution in [-0.2, 0) is 13.1 Å². The molecule has 0 radical (unpaired) electrons. The SMILES string of the molecule is C[C@@H](c1oc(-c2ccc(OC(F)F)c(OCC3CC3)c2)nc1C(=O)NCc1ccc(F)cc1F)n1cc(CN)nn1.Cl. The number of aromatic nitrogens is 4. The molecule has 0 spiro atoms. The molecular weight excluding hydrogens is 584 g/mol. The molecule has 0 saturated heterocycles. The summed E-state index contributed by atoms with van der Waals surface area (Å²) in [5, 5.41) is 10.6. The topological polar surface area (TPSA) is 130 Å². The fraction of sp³-hybridized carbons (Fsp3) is 0.333. The van der Waals surface area contributed by atoms with E-state index in [0.717, 1.165) is 18.9 Å².